The number of esters is 1. The van der Waals surface area contributed by atoms with Gasteiger partial charge in [-0.05, 0) is 37.6 Å². The maximum atomic E-state index is 14.0. The summed E-state index contributed by atoms with van der Waals surface area (Å²) in [5.74, 6) is -2.88. The SMILES string of the molecule is COC(=O)c1ccc(F)c(F)c1Nc1ccc(C)cc1C. The molecule has 0 atom stereocenters. The normalized spacial score (nSPS) is 10.3. The zero-order valence-electron chi connectivity index (χ0n) is 12.0. The summed E-state index contributed by atoms with van der Waals surface area (Å²) in [5.41, 5.74) is 2.21. The van der Waals surface area contributed by atoms with E-state index in [1.165, 1.54) is 13.2 Å². The highest BCUT2D eigenvalue weighted by Crippen LogP contribution is 2.28. The third kappa shape index (κ3) is 3.02. The number of ether oxygens (including phenoxy) is 1. The van der Waals surface area contributed by atoms with E-state index < -0.39 is 17.6 Å². The summed E-state index contributed by atoms with van der Waals surface area (Å²) in [6, 6.07) is 7.57. The lowest BCUT2D eigenvalue weighted by Crippen LogP contribution is -2.09. The lowest BCUT2D eigenvalue weighted by Gasteiger charge is -2.14. The van der Waals surface area contributed by atoms with E-state index in [1.54, 1.807) is 6.07 Å². The molecule has 3 nitrogen and oxygen atoms in total. The standard InChI is InChI=1S/C16H15F2NO2/c1-9-4-7-13(10(2)8-9)19-15-11(16(20)21-3)5-6-12(17)14(15)18/h4-8,19H,1-3H3. The molecule has 110 valence electrons. The number of halogens is 2. The number of hydrogen-bond acceptors (Lipinski definition) is 3. The third-order valence-corrected chi connectivity index (χ3v) is 3.14. The zero-order valence-corrected chi connectivity index (χ0v) is 12.0. The first-order chi connectivity index (χ1) is 9.93. The molecule has 0 aliphatic carbocycles. The van der Waals surface area contributed by atoms with Crippen LogP contribution in [0.25, 0.3) is 0 Å². The Balaban J connectivity index is 2.51. The maximum Gasteiger partial charge on any atom is 0.340 e. The lowest BCUT2D eigenvalue weighted by atomic mass is 10.1. The quantitative estimate of drug-likeness (QED) is 0.865. The number of benzene rings is 2. The van der Waals surface area contributed by atoms with Gasteiger partial charge in [0.25, 0.3) is 0 Å². The summed E-state index contributed by atoms with van der Waals surface area (Å²) in [4.78, 5) is 11.7. The molecule has 0 bridgehead atoms. The molecule has 0 unspecified atom stereocenters. The van der Waals surface area contributed by atoms with Gasteiger partial charge in [-0.15, -0.1) is 0 Å². The molecule has 0 saturated carbocycles. The molecule has 0 saturated heterocycles. The van der Waals surface area contributed by atoms with Crippen molar-refractivity contribution >= 4 is 17.3 Å². The highest BCUT2D eigenvalue weighted by Gasteiger charge is 2.19. The minimum Gasteiger partial charge on any atom is -0.465 e. The molecule has 0 radical (unpaired) electrons. The van der Waals surface area contributed by atoms with Gasteiger partial charge in [0.05, 0.1) is 18.4 Å². The number of carbonyl (C=O) groups is 1. The first-order valence-electron chi connectivity index (χ1n) is 6.34. The van der Waals surface area contributed by atoms with Gasteiger partial charge in [0.15, 0.2) is 11.6 Å². The van der Waals surface area contributed by atoms with Crippen LogP contribution in [0.5, 0.6) is 0 Å². The van der Waals surface area contributed by atoms with Gasteiger partial charge >= 0.3 is 5.97 Å². The molecule has 2 aromatic carbocycles. The number of methoxy groups -OCH3 is 1. The Labute approximate surface area is 121 Å². The Morgan fingerprint density at radius 1 is 1.14 bits per heavy atom. The van der Waals surface area contributed by atoms with Crippen LogP contribution in [0.3, 0.4) is 0 Å². The molecule has 0 heterocycles. The van der Waals surface area contributed by atoms with Crippen LogP contribution in [0.15, 0.2) is 30.3 Å². The minimum atomic E-state index is -1.11. The van der Waals surface area contributed by atoms with Gasteiger partial charge in [-0.25, -0.2) is 13.6 Å². The molecule has 21 heavy (non-hydrogen) atoms. The van der Waals surface area contributed by atoms with E-state index in [1.807, 2.05) is 26.0 Å². The van der Waals surface area contributed by atoms with Crippen molar-refractivity contribution in [1.82, 2.24) is 0 Å². The van der Waals surface area contributed by atoms with Crippen molar-refractivity contribution in [2.45, 2.75) is 13.8 Å². The molecule has 2 aromatic rings. The highest BCUT2D eigenvalue weighted by molar-refractivity contribution is 5.96. The molecule has 0 aliphatic rings. The van der Waals surface area contributed by atoms with Crippen LogP contribution >= 0.6 is 0 Å². The third-order valence-electron chi connectivity index (χ3n) is 3.14. The van der Waals surface area contributed by atoms with Gasteiger partial charge in [-0.3, -0.25) is 0 Å². The van der Waals surface area contributed by atoms with Crippen molar-refractivity contribution in [3.05, 3.63) is 58.7 Å². The average molecular weight is 291 g/mol. The van der Waals surface area contributed by atoms with Crippen LogP contribution in [-0.2, 0) is 4.74 Å². The predicted molar refractivity (Wildman–Crippen MR) is 76.9 cm³/mol. The lowest BCUT2D eigenvalue weighted by molar-refractivity contribution is 0.0601. The second-order valence-corrected chi connectivity index (χ2v) is 4.72. The van der Waals surface area contributed by atoms with Crippen molar-refractivity contribution in [2.75, 3.05) is 12.4 Å². The monoisotopic (exact) mass is 291 g/mol. The average Bonchev–Trinajstić information content (AvgIpc) is 2.45. The number of rotatable bonds is 3. The predicted octanol–water partition coefficient (Wildman–Crippen LogP) is 4.11. The summed E-state index contributed by atoms with van der Waals surface area (Å²) >= 11 is 0. The van der Waals surface area contributed by atoms with Gasteiger partial charge in [0, 0.05) is 5.69 Å². The van der Waals surface area contributed by atoms with Crippen molar-refractivity contribution in [1.29, 1.82) is 0 Å². The molecule has 0 fully saturated rings. The van der Waals surface area contributed by atoms with Crippen LogP contribution < -0.4 is 5.32 Å². The Kier molecular flexibility index (Phi) is 4.21. The van der Waals surface area contributed by atoms with Crippen molar-refractivity contribution in [3.63, 3.8) is 0 Å². The second-order valence-electron chi connectivity index (χ2n) is 4.72. The van der Waals surface area contributed by atoms with E-state index >= 15 is 0 Å². The van der Waals surface area contributed by atoms with Crippen molar-refractivity contribution in [2.24, 2.45) is 0 Å². The fraction of sp³-hybridized carbons (Fsp3) is 0.188. The fourth-order valence-corrected chi connectivity index (χ4v) is 2.04. The molecule has 0 aromatic heterocycles. The van der Waals surface area contributed by atoms with Gasteiger partial charge < -0.3 is 10.1 Å². The van der Waals surface area contributed by atoms with E-state index in [-0.39, 0.29) is 11.3 Å². The van der Waals surface area contributed by atoms with E-state index in [0.717, 1.165) is 17.2 Å². The highest BCUT2D eigenvalue weighted by atomic mass is 19.2. The maximum absolute atomic E-state index is 14.0. The summed E-state index contributed by atoms with van der Waals surface area (Å²) in [7, 11) is 1.19. The van der Waals surface area contributed by atoms with Crippen LogP contribution in [0.2, 0.25) is 0 Å². The molecule has 0 aliphatic heterocycles. The molecule has 0 amide bonds. The number of aryl methyl sites for hydroxylation is 2. The summed E-state index contributed by atoms with van der Waals surface area (Å²) < 4.78 is 32.0. The molecule has 5 heteroatoms. The smallest absolute Gasteiger partial charge is 0.340 e. The zero-order chi connectivity index (χ0) is 15.6. The summed E-state index contributed by atoms with van der Waals surface area (Å²) in [6.45, 7) is 3.77. The molecule has 1 N–H and O–H groups in total. The fourth-order valence-electron chi connectivity index (χ4n) is 2.04. The Morgan fingerprint density at radius 3 is 2.48 bits per heavy atom. The van der Waals surface area contributed by atoms with E-state index in [0.29, 0.717) is 5.69 Å². The van der Waals surface area contributed by atoms with E-state index in [2.05, 4.69) is 10.1 Å². The van der Waals surface area contributed by atoms with E-state index in [4.69, 9.17) is 0 Å². The molecule has 2 rings (SSSR count). The van der Waals surface area contributed by atoms with Crippen LogP contribution in [-0.4, -0.2) is 13.1 Å². The second kappa shape index (κ2) is 5.91. The summed E-state index contributed by atoms with van der Waals surface area (Å²) in [6.07, 6.45) is 0. The minimum absolute atomic E-state index is 0.0589. The molecule has 0 spiro atoms. The topological polar surface area (TPSA) is 38.3 Å². The molecular formula is C16H15F2NO2. The van der Waals surface area contributed by atoms with Crippen molar-refractivity contribution < 1.29 is 18.3 Å². The Bertz CT molecular complexity index is 699. The van der Waals surface area contributed by atoms with Gasteiger partial charge in [-0.1, -0.05) is 17.7 Å². The van der Waals surface area contributed by atoms with Crippen LogP contribution in [0.4, 0.5) is 20.2 Å². The summed E-state index contributed by atoms with van der Waals surface area (Å²) in [5, 5.41) is 2.78. The van der Waals surface area contributed by atoms with E-state index in [9.17, 15) is 13.6 Å². The van der Waals surface area contributed by atoms with Gasteiger partial charge in [0.2, 0.25) is 0 Å². The number of anilines is 2. The Hall–Kier alpha value is -2.43. The van der Waals surface area contributed by atoms with Gasteiger partial charge in [-0.2, -0.15) is 0 Å². The number of hydrogen-bond donors (Lipinski definition) is 1. The Morgan fingerprint density at radius 2 is 1.86 bits per heavy atom. The first kappa shape index (κ1) is 15.0. The largest absolute Gasteiger partial charge is 0.465 e. The first-order valence-corrected chi connectivity index (χ1v) is 6.34. The number of nitrogens with one attached hydrogen (secondary N) is 1. The van der Waals surface area contributed by atoms with Gasteiger partial charge in [0.1, 0.15) is 0 Å². The number of carbonyl (C=O) groups excluding carboxylic acids is 1. The van der Waals surface area contributed by atoms with Crippen LogP contribution in [0, 0.1) is 25.5 Å². The van der Waals surface area contributed by atoms with Crippen LogP contribution in [0.1, 0.15) is 21.5 Å². The van der Waals surface area contributed by atoms with Crippen molar-refractivity contribution in [3.8, 4) is 0 Å². The molecular weight excluding hydrogens is 276 g/mol.